The molecule has 0 aliphatic rings. The first-order chi connectivity index (χ1) is 9.07. The molecule has 0 radical (unpaired) electrons. The van der Waals surface area contributed by atoms with Gasteiger partial charge >= 0.3 is 0 Å². The van der Waals surface area contributed by atoms with E-state index in [-0.39, 0.29) is 0 Å². The van der Waals surface area contributed by atoms with Crippen molar-refractivity contribution in [1.29, 1.82) is 0 Å². The van der Waals surface area contributed by atoms with Crippen LogP contribution in [0.3, 0.4) is 0 Å². The summed E-state index contributed by atoms with van der Waals surface area (Å²) in [6, 6.07) is 1.98. The minimum absolute atomic E-state index is 0.414. The van der Waals surface area contributed by atoms with Gasteiger partial charge in [-0.3, -0.25) is 0 Å². The van der Waals surface area contributed by atoms with E-state index in [9.17, 15) is 0 Å². The van der Waals surface area contributed by atoms with E-state index < -0.39 is 5.54 Å². The molecular weight excluding hydrogens is 260 g/mol. The standard InChI is InChI=1S/C13H14N4OS/c1-9-6-17(8-14-9)13(2,3)12-15-11(16-18-12)10-4-5-19-7-10/h4-8H,1-3H3. The molecular formula is C13H14N4OS. The lowest BCUT2D eigenvalue weighted by Gasteiger charge is -2.21. The Morgan fingerprint density at radius 3 is 2.84 bits per heavy atom. The molecule has 0 saturated heterocycles. The smallest absolute Gasteiger partial charge is 0.252 e. The highest BCUT2D eigenvalue weighted by molar-refractivity contribution is 7.08. The Bertz CT molecular complexity index is 681. The van der Waals surface area contributed by atoms with E-state index in [0.29, 0.717) is 11.7 Å². The van der Waals surface area contributed by atoms with Crippen molar-refractivity contribution in [1.82, 2.24) is 19.7 Å². The molecule has 0 N–H and O–H groups in total. The third-order valence-electron chi connectivity index (χ3n) is 3.09. The number of rotatable bonds is 3. The van der Waals surface area contributed by atoms with E-state index in [1.165, 1.54) is 0 Å². The van der Waals surface area contributed by atoms with Crippen LogP contribution in [0, 0.1) is 6.92 Å². The van der Waals surface area contributed by atoms with Crippen LogP contribution in [-0.2, 0) is 5.54 Å². The number of hydrogen-bond donors (Lipinski definition) is 0. The summed E-state index contributed by atoms with van der Waals surface area (Å²) >= 11 is 1.61. The predicted octanol–water partition coefficient (Wildman–Crippen LogP) is 3.09. The maximum atomic E-state index is 5.41. The second kappa shape index (κ2) is 4.31. The number of thiophene rings is 1. The highest BCUT2D eigenvalue weighted by Gasteiger charge is 2.29. The molecule has 3 aromatic heterocycles. The molecule has 0 saturated carbocycles. The quantitative estimate of drug-likeness (QED) is 0.736. The molecule has 0 aliphatic carbocycles. The molecule has 3 rings (SSSR count). The normalized spacial score (nSPS) is 11.9. The zero-order chi connectivity index (χ0) is 13.5. The van der Waals surface area contributed by atoms with Gasteiger partial charge in [-0.2, -0.15) is 16.3 Å². The van der Waals surface area contributed by atoms with Gasteiger partial charge in [0.2, 0.25) is 5.82 Å². The zero-order valence-corrected chi connectivity index (χ0v) is 11.8. The first-order valence-electron chi connectivity index (χ1n) is 5.95. The summed E-state index contributed by atoms with van der Waals surface area (Å²) in [6.07, 6.45) is 3.75. The average Bonchev–Trinajstić information content (AvgIpc) is 3.10. The van der Waals surface area contributed by atoms with Gasteiger partial charge in [0.05, 0.1) is 12.0 Å². The Balaban J connectivity index is 1.98. The van der Waals surface area contributed by atoms with E-state index in [4.69, 9.17) is 4.52 Å². The van der Waals surface area contributed by atoms with Crippen LogP contribution in [0.15, 0.2) is 33.9 Å². The largest absolute Gasteiger partial charge is 0.336 e. The first-order valence-corrected chi connectivity index (χ1v) is 6.89. The van der Waals surface area contributed by atoms with Crippen LogP contribution in [0.4, 0.5) is 0 Å². The average molecular weight is 274 g/mol. The van der Waals surface area contributed by atoms with Gasteiger partial charge in [-0.05, 0) is 32.2 Å². The van der Waals surface area contributed by atoms with E-state index in [0.717, 1.165) is 11.3 Å². The molecule has 19 heavy (non-hydrogen) atoms. The van der Waals surface area contributed by atoms with Crippen LogP contribution < -0.4 is 0 Å². The maximum absolute atomic E-state index is 5.41. The molecule has 3 heterocycles. The Hall–Kier alpha value is -1.95. The Kier molecular flexibility index (Phi) is 2.74. The molecule has 5 nitrogen and oxygen atoms in total. The number of hydrogen-bond acceptors (Lipinski definition) is 5. The second-order valence-electron chi connectivity index (χ2n) is 4.92. The fourth-order valence-corrected chi connectivity index (χ4v) is 2.45. The molecule has 0 aliphatic heterocycles. The molecule has 6 heteroatoms. The van der Waals surface area contributed by atoms with Crippen molar-refractivity contribution < 1.29 is 4.52 Å². The summed E-state index contributed by atoms with van der Waals surface area (Å²) in [7, 11) is 0. The molecule has 0 unspecified atom stereocenters. The summed E-state index contributed by atoms with van der Waals surface area (Å²) in [5.74, 6) is 1.20. The molecule has 98 valence electrons. The van der Waals surface area contributed by atoms with Gasteiger partial charge in [0.15, 0.2) is 0 Å². The molecule has 3 aromatic rings. The van der Waals surface area contributed by atoms with Crippen molar-refractivity contribution in [3.8, 4) is 11.4 Å². The van der Waals surface area contributed by atoms with Gasteiger partial charge in [-0.15, -0.1) is 0 Å². The second-order valence-corrected chi connectivity index (χ2v) is 5.70. The molecule has 0 amide bonds. The summed E-state index contributed by atoms with van der Waals surface area (Å²) < 4.78 is 7.39. The minimum Gasteiger partial charge on any atom is -0.336 e. The number of aromatic nitrogens is 4. The number of imidazole rings is 1. The Labute approximate surface area is 114 Å². The van der Waals surface area contributed by atoms with Crippen molar-refractivity contribution in [3.63, 3.8) is 0 Å². The zero-order valence-electron chi connectivity index (χ0n) is 11.0. The van der Waals surface area contributed by atoms with Crippen molar-refractivity contribution in [2.75, 3.05) is 0 Å². The summed E-state index contributed by atoms with van der Waals surface area (Å²) in [4.78, 5) is 8.73. The number of nitrogens with zero attached hydrogens (tertiary/aromatic N) is 4. The predicted molar refractivity (Wildman–Crippen MR) is 73.0 cm³/mol. The molecule has 0 spiro atoms. The molecule has 0 atom stereocenters. The van der Waals surface area contributed by atoms with Crippen LogP contribution in [0.25, 0.3) is 11.4 Å². The van der Waals surface area contributed by atoms with Crippen molar-refractivity contribution in [3.05, 3.63) is 40.9 Å². The Morgan fingerprint density at radius 2 is 2.21 bits per heavy atom. The molecule has 0 bridgehead atoms. The third kappa shape index (κ3) is 2.08. The topological polar surface area (TPSA) is 56.7 Å². The third-order valence-corrected chi connectivity index (χ3v) is 3.77. The van der Waals surface area contributed by atoms with Crippen LogP contribution in [0.5, 0.6) is 0 Å². The van der Waals surface area contributed by atoms with Crippen LogP contribution in [0.1, 0.15) is 25.4 Å². The van der Waals surface area contributed by atoms with Gasteiger partial charge in [-0.1, -0.05) is 5.16 Å². The lowest BCUT2D eigenvalue weighted by Crippen LogP contribution is -2.26. The van der Waals surface area contributed by atoms with E-state index in [2.05, 4.69) is 15.1 Å². The lowest BCUT2D eigenvalue weighted by molar-refractivity contribution is 0.277. The van der Waals surface area contributed by atoms with Gasteiger partial charge in [-0.25, -0.2) is 4.98 Å². The highest BCUT2D eigenvalue weighted by Crippen LogP contribution is 2.27. The number of aryl methyl sites for hydroxylation is 1. The van der Waals surface area contributed by atoms with Crippen LogP contribution in [-0.4, -0.2) is 19.7 Å². The fraction of sp³-hybridized carbons (Fsp3) is 0.308. The minimum atomic E-state index is -0.414. The molecule has 0 aromatic carbocycles. The summed E-state index contributed by atoms with van der Waals surface area (Å²) in [6.45, 7) is 6.01. The van der Waals surface area contributed by atoms with Gasteiger partial charge in [0, 0.05) is 17.1 Å². The monoisotopic (exact) mass is 274 g/mol. The SMILES string of the molecule is Cc1cn(C(C)(C)c2nc(-c3ccsc3)no2)cn1. The Morgan fingerprint density at radius 1 is 1.37 bits per heavy atom. The van der Waals surface area contributed by atoms with Crippen molar-refractivity contribution in [2.24, 2.45) is 0 Å². The maximum Gasteiger partial charge on any atom is 0.252 e. The van der Waals surface area contributed by atoms with E-state index >= 15 is 0 Å². The van der Waals surface area contributed by atoms with Crippen molar-refractivity contribution >= 4 is 11.3 Å². The highest BCUT2D eigenvalue weighted by atomic mass is 32.1. The summed E-state index contributed by atoms with van der Waals surface area (Å²) in [5.41, 5.74) is 1.53. The van der Waals surface area contributed by atoms with Gasteiger partial charge in [0.25, 0.3) is 5.89 Å². The molecule has 0 fully saturated rings. The summed E-state index contributed by atoms with van der Waals surface area (Å²) in [5, 5.41) is 8.04. The van der Waals surface area contributed by atoms with E-state index in [1.54, 1.807) is 17.7 Å². The van der Waals surface area contributed by atoms with Crippen LogP contribution in [0.2, 0.25) is 0 Å². The fourth-order valence-electron chi connectivity index (χ4n) is 1.82. The van der Waals surface area contributed by atoms with Gasteiger partial charge in [0.1, 0.15) is 5.54 Å². The van der Waals surface area contributed by atoms with Crippen molar-refractivity contribution in [2.45, 2.75) is 26.3 Å². The lowest BCUT2D eigenvalue weighted by atomic mass is 10.1. The van der Waals surface area contributed by atoms with E-state index in [1.807, 2.05) is 48.4 Å². The van der Waals surface area contributed by atoms with Crippen LogP contribution >= 0.6 is 11.3 Å². The first kappa shape index (κ1) is 12.1. The van der Waals surface area contributed by atoms with Gasteiger partial charge < -0.3 is 9.09 Å².